The van der Waals surface area contributed by atoms with Gasteiger partial charge in [-0.3, -0.25) is 19.3 Å². The van der Waals surface area contributed by atoms with Crippen LogP contribution in [0, 0.1) is 5.92 Å². The fourth-order valence-corrected chi connectivity index (χ4v) is 5.40. The molecule has 3 aliphatic heterocycles. The number of hydrogen-bond donors (Lipinski definition) is 1. The average Bonchev–Trinajstić information content (AvgIpc) is 3.09. The first-order valence-corrected chi connectivity index (χ1v) is 11.6. The van der Waals surface area contributed by atoms with Crippen molar-refractivity contribution in [1.29, 1.82) is 0 Å². The van der Waals surface area contributed by atoms with Crippen molar-refractivity contribution in [1.82, 2.24) is 19.7 Å². The fraction of sp³-hybridized carbons (Fsp3) is 0.440. The van der Waals surface area contributed by atoms with Crippen LogP contribution in [0.4, 0.5) is 4.79 Å². The van der Waals surface area contributed by atoms with E-state index >= 15 is 0 Å². The molecule has 8 nitrogen and oxygen atoms in total. The molecule has 3 atom stereocenters. The van der Waals surface area contributed by atoms with Crippen molar-refractivity contribution in [2.75, 3.05) is 19.6 Å². The number of fused-ring (bicyclic) bond motifs is 4. The lowest BCUT2D eigenvalue weighted by Crippen LogP contribution is -2.49. The van der Waals surface area contributed by atoms with Gasteiger partial charge in [-0.05, 0) is 36.8 Å². The van der Waals surface area contributed by atoms with Crippen LogP contribution in [0.2, 0.25) is 0 Å². The molecule has 0 aliphatic carbocycles. The highest BCUT2D eigenvalue weighted by molar-refractivity contribution is 6.04. The molecule has 2 fully saturated rings. The number of nitrogens with one attached hydrogen (secondary N) is 1. The number of likely N-dealkylation sites (tertiary alicyclic amines) is 1. The number of nitrogens with zero attached hydrogens (tertiary/aromatic N) is 3. The number of rotatable bonds is 6. The Morgan fingerprint density at radius 2 is 1.79 bits per heavy atom. The maximum absolute atomic E-state index is 13.0. The van der Waals surface area contributed by atoms with Crippen molar-refractivity contribution in [3.8, 4) is 0 Å². The molecule has 0 radical (unpaired) electrons. The van der Waals surface area contributed by atoms with Gasteiger partial charge in [0, 0.05) is 50.3 Å². The largest absolute Gasteiger partial charge is 0.342 e. The van der Waals surface area contributed by atoms with E-state index in [1.54, 1.807) is 12.1 Å². The summed E-state index contributed by atoms with van der Waals surface area (Å²) in [5.41, 5.74) is 2.09. The number of aromatic nitrogens is 1. The molecule has 1 N–H and O–H groups in total. The minimum atomic E-state index is -0.652. The number of imide groups is 1. The van der Waals surface area contributed by atoms with Crippen molar-refractivity contribution in [3.05, 3.63) is 70.1 Å². The quantitative estimate of drug-likeness (QED) is 0.682. The second-order valence-corrected chi connectivity index (χ2v) is 9.26. The molecule has 2 aromatic rings. The molecule has 2 saturated heterocycles. The Balaban J connectivity index is 1.16. The zero-order valence-corrected chi connectivity index (χ0v) is 18.5. The molecule has 172 valence electrons. The van der Waals surface area contributed by atoms with Crippen LogP contribution in [-0.4, -0.2) is 57.9 Å². The molecule has 3 aliphatic rings. The van der Waals surface area contributed by atoms with Crippen LogP contribution in [0.15, 0.2) is 53.3 Å². The standard InChI is InChI=1S/C25H28N4O4/c30-22(27-14-18-13-19(16-27)21-7-4-8-23(31)29(21)15-18)10-9-20-24(32)28(25(33)26-20)12-11-17-5-2-1-3-6-17/h1-8,18-20H,9-16H2,(H,26,33). The molecule has 0 spiro atoms. The highest BCUT2D eigenvalue weighted by Gasteiger charge is 2.39. The van der Waals surface area contributed by atoms with Crippen LogP contribution < -0.4 is 10.9 Å². The summed E-state index contributed by atoms with van der Waals surface area (Å²) in [5.74, 6) is 0.173. The predicted octanol–water partition coefficient (Wildman–Crippen LogP) is 1.74. The molecule has 8 heteroatoms. The fourth-order valence-electron chi connectivity index (χ4n) is 5.40. The molecule has 1 aromatic heterocycles. The van der Waals surface area contributed by atoms with Crippen LogP contribution in [-0.2, 0) is 22.6 Å². The van der Waals surface area contributed by atoms with Gasteiger partial charge >= 0.3 is 6.03 Å². The number of carbonyl (C=O) groups is 3. The second kappa shape index (κ2) is 8.84. The first-order chi connectivity index (χ1) is 16.0. The maximum Gasteiger partial charge on any atom is 0.324 e. The number of piperidine rings is 1. The smallest absolute Gasteiger partial charge is 0.324 e. The van der Waals surface area contributed by atoms with Gasteiger partial charge in [0.25, 0.3) is 11.5 Å². The minimum Gasteiger partial charge on any atom is -0.342 e. The van der Waals surface area contributed by atoms with Gasteiger partial charge in [0.15, 0.2) is 0 Å². The van der Waals surface area contributed by atoms with Crippen LogP contribution in [0.5, 0.6) is 0 Å². The minimum absolute atomic E-state index is 0.00112. The molecular weight excluding hydrogens is 420 g/mol. The zero-order chi connectivity index (χ0) is 22.9. The Morgan fingerprint density at radius 1 is 0.970 bits per heavy atom. The van der Waals surface area contributed by atoms with E-state index in [0.29, 0.717) is 39.0 Å². The second-order valence-electron chi connectivity index (χ2n) is 9.26. The molecule has 5 rings (SSSR count). The van der Waals surface area contributed by atoms with E-state index in [1.165, 1.54) is 4.90 Å². The van der Waals surface area contributed by atoms with Gasteiger partial charge in [0.2, 0.25) is 5.91 Å². The molecular formula is C25H28N4O4. The Bertz CT molecular complexity index is 1130. The zero-order valence-electron chi connectivity index (χ0n) is 18.5. The van der Waals surface area contributed by atoms with Crippen molar-refractivity contribution >= 4 is 17.8 Å². The van der Waals surface area contributed by atoms with E-state index in [9.17, 15) is 19.2 Å². The van der Waals surface area contributed by atoms with E-state index in [1.807, 2.05) is 45.9 Å². The summed E-state index contributed by atoms with van der Waals surface area (Å²) in [6.07, 6.45) is 2.10. The lowest BCUT2D eigenvalue weighted by Gasteiger charge is -2.42. The highest BCUT2D eigenvalue weighted by atomic mass is 16.2. The number of benzene rings is 1. The molecule has 4 heterocycles. The number of urea groups is 1. The first kappa shape index (κ1) is 21.4. The van der Waals surface area contributed by atoms with Crippen molar-refractivity contribution < 1.29 is 14.4 Å². The Hall–Kier alpha value is -3.42. The van der Waals surface area contributed by atoms with Crippen LogP contribution >= 0.6 is 0 Å². The molecule has 4 amide bonds. The molecule has 33 heavy (non-hydrogen) atoms. The van der Waals surface area contributed by atoms with E-state index in [0.717, 1.165) is 17.7 Å². The predicted molar refractivity (Wildman–Crippen MR) is 122 cm³/mol. The SMILES string of the molecule is O=C(CCC1NC(=O)N(CCc2ccccc2)C1=O)N1CC2CC(C1)c1cccc(=O)n1C2. The Morgan fingerprint density at radius 3 is 2.61 bits per heavy atom. The van der Waals surface area contributed by atoms with Crippen molar-refractivity contribution in [3.63, 3.8) is 0 Å². The molecule has 1 aromatic carbocycles. The molecule has 0 saturated carbocycles. The normalized spacial score (nSPS) is 23.9. The van der Waals surface area contributed by atoms with Gasteiger partial charge in [-0.25, -0.2) is 4.79 Å². The number of amides is 4. The van der Waals surface area contributed by atoms with Crippen molar-refractivity contribution in [2.45, 2.75) is 44.2 Å². The van der Waals surface area contributed by atoms with Crippen LogP contribution in [0.1, 0.15) is 36.4 Å². The topological polar surface area (TPSA) is 91.7 Å². The average molecular weight is 449 g/mol. The monoisotopic (exact) mass is 448 g/mol. The third-order valence-electron chi connectivity index (χ3n) is 7.05. The van der Waals surface area contributed by atoms with Gasteiger partial charge in [-0.1, -0.05) is 36.4 Å². The number of pyridine rings is 1. The third-order valence-corrected chi connectivity index (χ3v) is 7.05. The summed E-state index contributed by atoms with van der Waals surface area (Å²) in [4.78, 5) is 53.3. The van der Waals surface area contributed by atoms with Crippen molar-refractivity contribution in [2.24, 2.45) is 5.92 Å². The van der Waals surface area contributed by atoms with Crippen LogP contribution in [0.3, 0.4) is 0 Å². The van der Waals surface area contributed by atoms with Gasteiger partial charge in [0.05, 0.1) is 0 Å². The number of hydrogen-bond acceptors (Lipinski definition) is 4. The Labute approximate surface area is 192 Å². The van der Waals surface area contributed by atoms with Gasteiger partial charge < -0.3 is 14.8 Å². The van der Waals surface area contributed by atoms with E-state index in [-0.39, 0.29) is 41.7 Å². The summed E-state index contributed by atoms with van der Waals surface area (Å²) in [6.45, 7) is 2.19. The lowest BCUT2D eigenvalue weighted by atomic mass is 9.83. The van der Waals surface area contributed by atoms with E-state index in [2.05, 4.69) is 5.32 Å². The summed E-state index contributed by atoms with van der Waals surface area (Å²) in [5, 5.41) is 2.74. The number of carbonyl (C=O) groups excluding carboxylic acids is 3. The summed E-state index contributed by atoms with van der Waals surface area (Å²) in [6, 6.07) is 14.0. The van der Waals surface area contributed by atoms with E-state index < -0.39 is 6.04 Å². The molecule has 2 bridgehead atoms. The van der Waals surface area contributed by atoms with Gasteiger partial charge in [0.1, 0.15) is 6.04 Å². The van der Waals surface area contributed by atoms with E-state index in [4.69, 9.17) is 0 Å². The summed E-state index contributed by atoms with van der Waals surface area (Å²) < 4.78 is 1.84. The maximum atomic E-state index is 13.0. The summed E-state index contributed by atoms with van der Waals surface area (Å²) >= 11 is 0. The van der Waals surface area contributed by atoms with Gasteiger partial charge in [-0.15, -0.1) is 0 Å². The molecule has 3 unspecified atom stereocenters. The third kappa shape index (κ3) is 4.29. The van der Waals surface area contributed by atoms with Gasteiger partial charge in [-0.2, -0.15) is 0 Å². The summed E-state index contributed by atoms with van der Waals surface area (Å²) in [7, 11) is 0. The highest BCUT2D eigenvalue weighted by Crippen LogP contribution is 2.35. The van der Waals surface area contributed by atoms with Crippen LogP contribution in [0.25, 0.3) is 0 Å². The lowest BCUT2D eigenvalue weighted by molar-refractivity contribution is -0.134. The first-order valence-electron chi connectivity index (χ1n) is 11.6. The Kier molecular flexibility index (Phi) is 5.74.